The Morgan fingerprint density at radius 3 is 2.42 bits per heavy atom. The molecule has 1 heterocycles. The number of ether oxygens (including phenoxy) is 1. The molecule has 31 heavy (non-hydrogen) atoms. The van der Waals surface area contributed by atoms with Crippen LogP contribution in [0.5, 0.6) is 0 Å². The largest absolute Gasteiger partial charge is 0.379 e. The highest BCUT2D eigenvalue weighted by Crippen LogP contribution is 2.09. The lowest BCUT2D eigenvalue weighted by atomic mass is 10.1. The molecule has 6 nitrogen and oxygen atoms in total. The smallest absolute Gasteiger partial charge is 0.267 e. The van der Waals surface area contributed by atoms with Crippen molar-refractivity contribution in [3.05, 3.63) is 76.7 Å². The van der Waals surface area contributed by atoms with Gasteiger partial charge < -0.3 is 15.4 Å². The van der Waals surface area contributed by atoms with Crippen molar-refractivity contribution in [2.75, 3.05) is 39.4 Å². The number of carbonyl (C=O) groups is 2. The Kier molecular flexibility index (Phi) is 8.32. The minimum absolute atomic E-state index is 0.114. The van der Waals surface area contributed by atoms with E-state index in [1.54, 1.807) is 30.3 Å². The topological polar surface area (TPSA) is 70.7 Å². The van der Waals surface area contributed by atoms with Crippen molar-refractivity contribution in [1.82, 2.24) is 15.5 Å². The Balaban J connectivity index is 1.64. The summed E-state index contributed by atoms with van der Waals surface area (Å²) in [5.41, 5.74) is 2.22. The summed E-state index contributed by atoms with van der Waals surface area (Å²) in [7, 11) is 0. The van der Waals surface area contributed by atoms with Gasteiger partial charge in [0, 0.05) is 25.2 Å². The molecule has 2 N–H and O–H groups in total. The summed E-state index contributed by atoms with van der Waals surface area (Å²) >= 11 is 0. The van der Waals surface area contributed by atoms with E-state index in [-0.39, 0.29) is 23.3 Å². The lowest BCUT2D eigenvalue weighted by Crippen LogP contribution is -2.39. The van der Waals surface area contributed by atoms with Gasteiger partial charge in [0.1, 0.15) is 11.5 Å². The molecule has 0 unspecified atom stereocenters. The van der Waals surface area contributed by atoms with Crippen LogP contribution in [0.25, 0.3) is 6.08 Å². The molecule has 1 aliphatic heterocycles. The standard InChI is InChI=1S/C24H28FN3O3/c1-18-3-7-20(8-4-18)23(29)27-22(17-19-5-9-21(25)10-6-19)24(30)26-11-2-12-28-13-15-31-16-14-28/h3-10,17H,2,11-16H2,1H3,(H,26,30)(H,27,29)/b22-17+. The second kappa shape index (κ2) is 11.4. The maximum absolute atomic E-state index is 13.2. The van der Waals surface area contributed by atoms with E-state index in [9.17, 15) is 14.0 Å². The fourth-order valence-corrected chi connectivity index (χ4v) is 3.21. The summed E-state index contributed by atoms with van der Waals surface area (Å²) in [5, 5.41) is 5.56. The van der Waals surface area contributed by atoms with Crippen molar-refractivity contribution in [3.63, 3.8) is 0 Å². The van der Waals surface area contributed by atoms with Crippen LogP contribution in [0.2, 0.25) is 0 Å². The molecule has 0 aliphatic carbocycles. The van der Waals surface area contributed by atoms with Crippen LogP contribution >= 0.6 is 0 Å². The highest BCUT2D eigenvalue weighted by atomic mass is 19.1. The molecular formula is C24H28FN3O3. The van der Waals surface area contributed by atoms with Gasteiger partial charge in [-0.2, -0.15) is 0 Å². The normalized spacial score (nSPS) is 14.8. The minimum atomic E-state index is -0.383. The zero-order valence-corrected chi connectivity index (χ0v) is 17.7. The van der Waals surface area contributed by atoms with Gasteiger partial charge >= 0.3 is 0 Å². The Bertz CT molecular complexity index is 905. The number of aryl methyl sites for hydroxylation is 1. The first kappa shape index (κ1) is 22.7. The molecule has 2 aromatic rings. The zero-order valence-electron chi connectivity index (χ0n) is 17.7. The minimum Gasteiger partial charge on any atom is -0.379 e. The van der Waals surface area contributed by atoms with Crippen LogP contribution in [0.4, 0.5) is 4.39 Å². The monoisotopic (exact) mass is 425 g/mol. The Morgan fingerprint density at radius 2 is 1.74 bits per heavy atom. The van der Waals surface area contributed by atoms with Gasteiger partial charge in [-0.05, 0) is 55.8 Å². The lowest BCUT2D eigenvalue weighted by molar-refractivity contribution is -0.117. The van der Waals surface area contributed by atoms with Crippen molar-refractivity contribution in [2.24, 2.45) is 0 Å². The first-order valence-corrected chi connectivity index (χ1v) is 10.4. The Labute approximate surface area is 182 Å². The first-order valence-electron chi connectivity index (χ1n) is 10.4. The average Bonchev–Trinajstić information content (AvgIpc) is 2.78. The van der Waals surface area contributed by atoms with Gasteiger partial charge in [-0.25, -0.2) is 4.39 Å². The SMILES string of the molecule is Cc1ccc(C(=O)N/C(=C/c2ccc(F)cc2)C(=O)NCCCN2CCOCC2)cc1. The van der Waals surface area contributed by atoms with Gasteiger partial charge in [-0.1, -0.05) is 29.8 Å². The van der Waals surface area contributed by atoms with Gasteiger partial charge in [0.2, 0.25) is 0 Å². The number of halogens is 1. The van der Waals surface area contributed by atoms with Crippen LogP contribution in [0, 0.1) is 12.7 Å². The van der Waals surface area contributed by atoms with Crippen LogP contribution in [0.1, 0.15) is 27.9 Å². The number of benzene rings is 2. The fourth-order valence-electron chi connectivity index (χ4n) is 3.21. The van der Waals surface area contributed by atoms with Crippen molar-refractivity contribution in [3.8, 4) is 0 Å². The molecule has 0 radical (unpaired) electrons. The fraction of sp³-hybridized carbons (Fsp3) is 0.333. The highest BCUT2D eigenvalue weighted by molar-refractivity contribution is 6.05. The van der Waals surface area contributed by atoms with Gasteiger partial charge in [0.25, 0.3) is 11.8 Å². The number of morpholine rings is 1. The molecule has 0 spiro atoms. The van der Waals surface area contributed by atoms with Gasteiger partial charge in [-0.15, -0.1) is 0 Å². The van der Waals surface area contributed by atoms with E-state index in [1.165, 1.54) is 12.1 Å². The summed E-state index contributed by atoms with van der Waals surface area (Å²) < 4.78 is 18.6. The molecule has 1 fully saturated rings. The van der Waals surface area contributed by atoms with Crippen molar-refractivity contribution in [1.29, 1.82) is 0 Å². The molecule has 0 saturated carbocycles. The number of rotatable bonds is 8. The maximum Gasteiger partial charge on any atom is 0.267 e. The van der Waals surface area contributed by atoms with E-state index in [2.05, 4.69) is 15.5 Å². The molecule has 1 aliphatic rings. The molecule has 2 amide bonds. The van der Waals surface area contributed by atoms with E-state index in [1.807, 2.05) is 19.1 Å². The molecule has 0 atom stereocenters. The highest BCUT2D eigenvalue weighted by Gasteiger charge is 2.15. The third-order valence-corrected chi connectivity index (χ3v) is 5.03. The molecule has 0 bridgehead atoms. The third kappa shape index (κ3) is 7.31. The Hall–Kier alpha value is -3.03. The second-order valence-corrected chi connectivity index (χ2v) is 7.49. The zero-order chi connectivity index (χ0) is 22.1. The van der Waals surface area contributed by atoms with E-state index in [0.29, 0.717) is 17.7 Å². The van der Waals surface area contributed by atoms with Gasteiger partial charge in [0.05, 0.1) is 13.2 Å². The van der Waals surface area contributed by atoms with Crippen LogP contribution in [-0.2, 0) is 9.53 Å². The van der Waals surface area contributed by atoms with E-state index >= 15 is 0 Å². The van der Waals surface area contributed by atoms with Crippen LogP contribution in [0.3, 0.4) is 0 Å². The number of hydrogen-bond acceptors (Lipinski definition) is 4. The number of nitrogens with one attached hydrogen (secondary N) is 2. The van der Waals surface area contributed by atoms with Crippen molar-refractivity contribution < 1.29 is 18.7 Å². The lowest BCUT2D eigenvalue weighted by Gasteiger charge is -2.26. The molecule has 0 aromatic heterocycles. The number of amides is 2. The first-order chi connectivity index (χ1) is 15.0. The van der Waals surface area contributed by atoms with E-state index in [4.69, 9.17) is 4.74 Å². The van der Waals surface area contributed by atoms with Gasteiger partial charge in [-0.3, -0.25) is 14.5 Å². The molecule has 3 rings (SSSR count). The summed E-state index contributed by atoms with van der Waals surface area (Å²) in [5.74, 6) is -1.13. The summed E-state index contributed by atoms with van der Waals surface area (Å²) in [4.78, 5) is 27.7. The summed E-state index contributed by atoms with van der Waals surface area (Å²) in [6.07, 6.45) is 2.34. The molecular weight excluding hydrogens is 397 g/mol. The summed E-state index contributed by atoms with van der Waals surface area (Å²) in [6.45, 7) is 6.57. The third-order valence-electron chi connectivity index (χ3n) is 5.03. The summed E-state index contributed by atoms with van der Waals surface area (Å²) in [6, 6.07) is 12.8. The number of hydrogen-bond donors (Lipinski definition) is 2. The van der Waals surface area contributed by atoms with Crippen LogP contribution in [-0.4, -0.2) is 56.1 Å². The predicted molar refractivity (Wildman–Crippen MR) is 118 cm³/mol. The molecule has 1 saturated heterocycles. The average molecular weight is 426 g/mol. The number of carbonyl (C=O) groups excluding carboxylic acids is 2. The van der Waals surface area contributed by atoms with Crippen molar-refractivity contribution >= 4 is 17.9 Å². The molecule has 164 valence electrons. The van der Waals surface area contributed by atoms with E-state index in [0.717, 1.165) is 44.8 Å². The molecule has 7 heteroatoms. The maximum atomic E-state index is 13.2. The quantitative estimate of drug-likeness (QED) is 0.504. The molecule has 2 aromatic carbocycles. The van der Waals surface area contributed by atoms with E-state index < -0.39 is 0 Å². The van der Waals surface area contributed by atoms with Gasteiger partial charge in [0.15, 0.2) is 0 Å². The second-order valence-electron chi connectivity index (χ2n) is 7.49. The van der Waals surface area contributed by atoms with Crippen LogP contribution < -0.4 is 10.6 Å². The van der Waals surface area contributed by atoms with Crippen LogP contribution in [0.15, 0.2) is 54.2 Å². The predicted octanol–water partition coefficient (Wildman–Crippen LogP) is 2.74. The Morgan fingerprint density at radius 1 is 1.06 bits per heavy atom. The van der Waals surface area contributed by atoms with Crippen molar-refractivity contribution in [2.45, 2.75) is 13.3 Å². The number of nitrogens with zero attached hydrogens (tertiary/aromatic N) is 1.